The highest BCUT2D eigenvalue weighted by molar-refractivity contribution is 8.93. The minimum Gasteiger partial charge on any atom is -0.506 e. The van der Waals surface area contributed by atoms with Gasteiger partial charge in [0, 0.05) is 25.6 Å². The van der Waals surface area contributed by atoms with Crippen LogP contribution >= 0.6 is 17.0 Å². The molecular formula is C22H23BrN2O3. The normalized spacial score (nSPS) is 16.2. The molecule has 1 aliphatic heterocycles. The summed E-state index contributed by atoms with van der Waals surface area (Å²) in [5, 5.41) is 29.7. The maximum absolute atomic E-state index is 10.1. The molecule has 3 aromatic carbocycles. The number of benzene rings is 3. The molecule has 1 heterocycles. The second kappa shape index (κ2) is 8.12. The van der Waals surface area contributed by atoms with E-state index in [9.17, 15) is 15.3 Å². The summed E-state index contributed by atoms with van der Waals surface area (Å²) in [6.07, 6.45) is 0. The number of rotatable bonds is 3. The molecule has 0 fully saturated rings. The number of anilines is 1. The highest BCUT2D eigenvalue weighted by Gasteiger charge is 2.29. The number of hydrogen-bond acceptors (Lipinski definition) is 5. The monoisotopic (exact) mass is 442 g/mol. The van der Waals surface area contributed by atoms with Gasteiger partial charge in [0.05, 0.1) is 5.69 Å². The van der Waals surface area contributed by atoms with Crippen LogP contribution in [0, 0.1) is 0 Å². The van der Waals surface area contributed by atoms with Crippen molar-refractivity contribution in [2.75, 3.05) is 12.3 Å². The molecule has 0 aliphatic carbocycles. The quantitative estimate of drug-likeness (QED) is 0.361. The summed E-state index contributed by atoms with van der Waals surface area (Å²) in [7, 11) is 0. The topological polar surface area (TPSA) is 90.0 Å². The molecule has 1 atom stereocenters. The zero-order chi connectivity index (χ0) is 19.0. The van der Waals surface area contributed by atoms with Gasteiger partial charge in [-0.05, 0) is 40.5 Å². The molecule has 0 saturated carbocycles. The Bertz CT molecular complexity index is 979. The average Bonchev–Trinajstić information content (AvgIpc) is 2.67. The van der Waals surface area contributed by atoms with Crippen LogP contribution in [-0.2, 0) is 13.1 Å². The molecule has 0 radical (unpaired) electrons. The van der Waals surface area contributed by atoms with Gasteiger partial charge in [-0.15, -0.1) is 17.0 Å². The van der Waals surface area contributed by atoms with Gasteiger partial charge in [0.25, 0.3) is 0 Å². The number of fused-ring (bicyclic) bond motifs is 1. The lowest BCUT2D eigenvalue weighted by molar-refractivity contribution is 0.232. The first-order valence-electron chi connectivity index (χ1n) is 8.91. The number of phenolic OH excluding ortho intramolecular Hbond substituents is 3. The Labute approximate surface area is 174 Å². The van der Waals surface area contributed by atoms with Gasteiger partial charge in [-0.2, -0.15) is 0 Å². The van der Waals surface area contributed by atoms with Crippen molar-refractivity contribution < 1.29 is 15.3 Å². The van der Waals surface area contributed by atoms with Crippen LogP contribution in [-0.4, -0.2) is 26.8 Å². The zero-order valence-corrected chi connectivity index (χ0v) is 17.0. The fraction of sp³-hybridized carbons (Fsp3) is 0.182. The Balaban J connectivity index is 0.00000225. The second-order valence-electron chi connectivity index (χ2n) is 7.02. The van der Waals surface area contributed by atoms with Crippen LogP contribution in [0.3, 0.4) is 0 Å². The van der Waals surface area contributed by atoms with Crippen molar-refractivity contribution in [3.8, 4) is 17.2 Å². The van der Waals surface area contributed by atoms with Crippen LogP contribution < -0.4 is 5.73 Å². The minimum atomic E-state index is -0.138. The summed E-state index contributed by atoms with van der Waals surface area (Å²) in [5.41, 5.74) is 10.6. The molecule has 6 heteroatoms. The Morgan fingerprint density at radius 3 is 2.32 bits per heavy atom. The summed E-state index contributed by atoms with van der Waals surface area (Å²) in [4.78, 5) is 2.28. The summed E-state index contributed by atoms with van der Waals surface area (Å²) >= 11 is 0. The highest BCUT2D eigenvalue weighted by Crippen LogP contribution is 2.41. The zero-order valence-electron chi connectivity index (χ0n) is 15.2. The van der Waals surface area contributed by atoms with Crippen molar-refractivity contribution in [1.82, 2.24) is 4.90 Å². The number of hydrogen-bond donors (Lipinski definition) is 4. The van der Waals surface area contributed by atoms with Gasteiger partial charge < -0.3 is 21.1 Å². The molecule has 5 N–H and O–H groups in total. The summed E-state index contributed by atoms with van der Waals surface area (Å²) in [6.45, 7) is 2.15. The van der Waals surface area contributed by atoms with Crippen molar-refractivity contribution >= 4 is 22.7 Å². The predicted octanol–water partition coefficient (Wildman–Crippen LogP) is 4.11. The summed E-state index contributed by atoms with van der Waals surface area (Å²) in [6, 6.07) is 18.6. The van der Waals surface area contributed by atoms with Gasteiger partial charge in [0.2, 0.25) is 0 Å². The molecule has 0 bridgehead atoms. The lowest BCUT2D eigenvalue weighted by Crippen LogP contribution is -2.34. The number of nitrogen functional groups attached to an aromatic ring is 1. The first-order chi connectivity index (χ1) is 13.0. The van der Waals surface area contributed by atoms with Crippen LogP contribution in [0.4, 0.5) is 5.69 Å². The number of nitrogens with zero attached hydrogens (tertiary/aromatic N) is 1. The van der Waals surface area contributed by atoms with E-state index >= 15 is 0 Å². The molecule has 5 nitrogen and oxygen atoms in total. The molecule has 0 spiro atoms. The minimum absolute atomic E-state index is 0. The molecule has 0 amide bonds. The number of aromatic hydroxyl groups is 3. The first kappa shape index (κ1) is 20.0. The molecule has 0 aromatic heterocycles. The smallest absolute Gasteiger partial charge is 0.157 e. The largest absolute Gasteiger partial charge is 0.506 e. The van der Waals surface area contributed by atoms with Crippen molar-refractivity contribution in [3.63, 3.8) is 0 Å². The van der Waals surface area contributed by atoms with Crippen LogP contribution in [0.15, 0.2) is 60.7 Å². The van der Waals surface area contributed by atoms with Gasteiger partial charge in [0.15, 0.2) is 11.5 Å². The van der Waals surface area contributed by atoms with Crippen molar-refractivity contribution in [2.24, 2.45) is 0 Å². The molecule has 28 heavy (non-hydrogen) atoms. The molecule has 1 unspecified atom stereocenters. The summed E-state index contributed by atoms with van der Waals surface area (Å²) in [5.74, 6) is -0.211. The first-order valence-corrected chi connectivity index (χ1v) is 8.91. The van der Waals surface area contributed by atoms with E-state index in [1.54, 1.807) is 12.1 Å². The average molecular weight is 443 g/mol. The van der Waals surface area contributed by atoms with Gasteiger partial charge in [-0.3, -0.25) is 4.90 Å². The number of nitrogens with two attached hydrogens (primary N) is 1. The summed E-state index contributed by atoms with van der Waals surface area (Å²) < 4.78 is 0. The third-order valence-electron chi connectivity index (χ3n) is 5.22. The van der Waals surface area contributed by atoms with E-state index in [0.717, 1.165) is 29.8 Å². The van der Waals surface area contributed by atoms with E-state index in [1.807, 2.05) is 30.3 Å². The van der Waals surface area contributed by atoms with E-state index in [4.69, 9.17) is 5.73 Å². The second-order valence-corrected chi connectivity index (χ2v) is 7.02. The highest BCUT2D eigenvalue weighted by atomic mass is 79.9. The Morgan fingerprint density at radius 1 is 0.893 bits per heavy atom. The predicted molar refractivity (Wildman–Crippen MR) is 115 cm³/mol. The molecule has 0 saturated heterocycles. The van der Waals surface area contributed by atoms with E-state index in [0.29, 0.717) is 12.2 Å². The fourth-order valence-electron chi connectivity index (χ4n) is 3.82. The van der Waals surface area contributed by atoms with Gasteiger partial charge >= 0.3 is 0 Å². The molecule has 3 aromatic rings. The SMILES string of the molecule is Br.Nc1c(O)ccc2c1CN(Cc1ccccc1)CC2c1ccc(O)c(O)c1. The number of halogens is 1. The van der Waals surface area contributed by atoms with E-state index in [1.165, 1.54) is 11.6 Å². The number of phenols is 3. The van der Waals surface area contributed by atoms with Crippen LogP contribution in [0.25, 0.3) is 0 Å². The van der Waals surface area contributed by atoms with Crippen LogP contribution in [0.2, 0.25) is 0 Å². The van der Waals surface area contributed by atoms with Crippen molar-refractivity contribution in [1.29, 1.82) is 0 Å². The van der Waals surface area contributed by atoms with E-state index in [2.05, 4.69) is 17.0 Å². The van der Waals surface area contributed by atoms with Crippen LogP contribution in [0.1, 0.15) is 28.2 Å². The standard InChI is InChI=1S/C22H22N2O3.BrH/c23-22-18-13-24(11-14-4-2-1-3-5-14)12-17(16(18)7-9-20(22)26)15-6-8-19(25)21(27)10-15;/h1-10,17,25-27H,11-13,23H2;1H. The van der Waals surface area contributed by atoms with Gasteiger partial charge in [0.1, 0.15) is 5.75 Å². The lowest BCUT2D eigenvalue weighted by Gasteiger charge is -2.36. The van der Waals surface area contributed by atoms with Crippen molar-refractivity contribution in [3.05, 3.63) is 82.9 Å². The molecule has 1 aliphatic rings. The maximum atomic E-state index is 10.1. The Morgan fingerprint density at radius 2 is 1.61 bits per heavy atom. The lowest BCUT2D eigenvalue weighted by atomic mass is 9.83. The molecular weight excluding hydrogens is 420 g/mol. The molecule has 146 valence electrons. The maximum Gasteiger partial charge on any atom is 0.157 e. The Kier molecular flexibility index (Phi) is 5.82. The molecule has 4 rings (SSSR count). The third kappa shape index (κ3) is 3.79. The van der Waals surface area contributed by atoms with Gasteiger partial charge in [-0.1, -0.05) is 42.5 Å². The van der Waals surface area contributed by atoms with Gasteiger partial charge in [-0.25, -0.2) is 0 Å². The van der Waals surface area contributed by atoms with Crippen molar-refractivity contribution in [2.45, 2.75) is 19.0 Å². The Hall–Kier alpha value is -2.70. The van der Waals surface area contributed by atoms with E-state index in [-0.39, 0.29) is 40.1 Å². The van der Waals surface area contributed by atoms with E-state index < -0.39 is 0 Å². The fourth-order valence-corrected chi connectivity index (χ4v) is 3.82. The third-order valence-corrected chi connectivity index (χ3v) is 5.22. The van der Waals surface area contributed by atoms with Crippen LogP contribution in [0.5, 0.6) is 17.2 Å².